The zero-order valence-electron chi connectivity index (χ0n) is 9.03. The summed E-state index contributed by atoms with van der Waals surface area (Å²) < 4.78 is 0. The van der Waals surface area contributed by atoms with Crippen LogP contribution in [0, 0.1) is 6.92 Å². The normalized spacial score (nSPS) is 9.81. The molecule has 0 aliphatic carbocycles. The minimum Gasteiger partial charge on any atom is -0.317 e. The Hall–Kier alpha value is -2.16. The Morgan fingerprint density at radius 2 is 2.12 bits per heavy atom. The van der Waals surface area contributed by atoms with Crippen LogP contribution in [0.4, 0.5) is 5.69 Å². The van der Waals surface area contributed by atoms with E-state index in [9.17, 15) is 4.79 Å². The minimum absolute atomic E-state index is 0.0942. The molecule has 1 aromatic carbocycles. The smallest absolute Gasteiger partial charge is 0.255 e. The number of aromatic nitrogens is 1. The van der Waals surface area contributed by atoms with E-state index in [0.717, 1.165) is 11.3 Å². The summed E-state index contributed by atoms with van der Waals surface area (Å²) in [5.41, 5.74) is 2.50. The number of benzene rings is 1. The van der Waals surface area contributed by atoms with Crippen LogP contribution in [-0.2, 0) is 0 Å². The topological polar surface area (TPSA) is 43.2 Å². The summed E-state index contributed by atoms with van der Waals surface area (Å²) in [6.45, 7) is 1.97. The van der Waals surface area contributed by atoms with Crippen LogP contribution in [0.1, 0.15) is 15.9 Å². The molecule has 2 aromatic rings. The Morgan fingerprint density at radius 3 is 2.81 bits per heavy atom. The van der Waals surface area contributed by atoms with Gasteiger partial charge in [-0.1, -0.05) is 17.7 Å². The van der Waals surface area contributed by atoms with E-state index in [4.69, 9.17) is 0 Å². The van der Waals surface area contributed by atoms with E-state index >= 15 is 0 Å². The number of carbonyl (C=O) groups is 1. The third kappa shape index (κ3) is 2.45. The molecule has 0 saturated heterocycles. The Morgan fingerprint density at radius 1 is 1.25 bits per heavy atom. The van der Waals surface area contributed by atoms with E-state index in [1.165, 1.54) is 0 Å². The van der Waals surface area contributed by atoms with Crippen molar-refractivity contribution in [2.24, 2.45) is 0 Å². The van der Waals surface area contributed by atoms with Crippen molar-refractivity contribution in [1.29, 1.82) is 0 Å². The van der Waals surface area contributed by atoms with Crippen molar-refractivity contribution < 1.29 is 9.78 Å². The van der Waals surface area contributed by atoms with Crippen molar-refractivity contribution >= 4 is 11.6 Å². The number of H-pyrrole nitrogens is 1. The van der Waals surface area contributed by atoms with Crippen LogP contribution in [0.25, 0.3) is 0 Å². The average molecular weight is 213 g/mol. The lowest BCUT2D eigenvalue weighted by molar-refractivity contribution is -0.377. The molecule has 3 nitrogen and oxygen atoms in total. The molecular formula is C13H13N2O+. The Labute approximate surface area is 94.1 Å². The molecule has 2 rings (SSSR count). The van der Waals surface area contributed by atoms with Crippen LogP contribution < -0.4 is 10.3 Å². The zero-order chi connectivity index (χ0) is 11.4. The number of carbonyl (C=O) groups excluding carboxylic acids is 1. The molecular weight excluding hydrogens is 200 g/mol. The monoisotopic (exact) mass is 213 g/mol. The Bertz CT molecular complexity index is 494. The van der Waals surface area contributed by atoms with E-state index in [0.29, 0.717) is 5.56 Å². The van der Waals surface area contributed by atoms with Crippen LogP contribution >= 0.6 is 0 Å². The quantitative estimate of drug-likeness (QED) is 0.815. The second-order valence-electron chi connectivity index (χ2n) is 3.62. The number of amides is 1. The number of hydrogen-bond donors (Lipinski definition) is 1. The highest BCUT2D eigenvalue weighted by Gasteiger charge is 2.06. The van der Waals surface area contributed by atoms with Gasteiger partial charge in [-0.3, -0.25) is 4.79 Å². The molecule has 0 atom stereocenters. The first-order valence-electron chi connectivity index (χ1n) is 5.10. The maximum Gasteiger partial charge on any atom is 0.255 e. The Balaban J connectivity index is 2.15. The van der Waals surface area contributed by atoms with Gasteiger partial charge in [0.25, 0.3) is 5.91 Å². The highest BCUT2D eigenvalue weighted by molar-refractivity contribution is 6.04. The molecule has 1 heterocycles. The fourth-order valence-corrected chi connectivity index (χ4v) is 1.46. The van der Waals surface area contributed by atoms with Crippen molar-refractivity contribution in [2.45, 2.75) is 6.92 Å². The first-order chi connectivity index (χ1) is 7.75. The van der Waals surface area contributed by atoms with E-state index < -0.39 is 0 Å². The first kappa shape index (κ1) is 10.4. The van der Waals surface area contributed by atoms with Crippen molar-refractivity contribution in [1.82, 2.24) is 0 Å². The molecule has 1 aromatic heterocycles. The number of hydrogen-bond acceptors (Lipinski definition) is 1. The van der Waals surface area contributed by atoms with Gasteiger partial charge in [-0.2, -0.15) is 0 Å². The number of nitrogens with one attached hydrogen (secondary N) is 2. The van der Waals surface area contributed by atoms with Gasteiger partial charge in [-0.15, -0.1) is 0 Å². The summed E-state index contributed by atoms with van der Waals surface area (Å²) >= 11 is 0. The lowest BCUT2D eigenvalue weighted by atomic mass is 10.1. The molecule has 0 bridgehead atoms. The highest BCUT2D eigenvalue weighted by Crippen LogP contribution is 2.08. The molecule has 80 valence electrons. The van der Waals surface area contributed by atoms with Gasteiger partial charge in [0.1, 0.15) is 5.69 Å². The predicted molar refractivity (Wildman–Crippen MR) is 62.1 cm³/mol. The number of pyridine rings is 1. The lowest BCUT2D eigenvalue weighted by Gasteiger charge is -2.03. The van der Waals surface area contributed by atoms with Crippen molar-refractivity contribution in [3.05, 3.63) is 59.9 Å². The first-order valence-corrected chi connectivity index (χ1v) is 5.10. The highest BCUT2D eigenvalue weighted by atomic mass is 16.1. The molecule has 1 amide bonds. The number of aryl methyl sites for hydroxylation is 1. The number of rotatable bonds is 2. The third-order valence-corrected chi connectivity index (χ3v) is 2.25. The number of aromatic amines is 1. The van der Waals surface area contributed by atoms with Gasteiger partial charge < -0.3 is 5.32 Å². The van der Waals surface area contributed by atoms with Gasteiger partial charge >= 0.3 is 0 Å². The zero-order valence-corrected chi connectivity index (χ0v) is 9.03. The summed E-state index contributed by atoms with van der Waals surface area (Å²) in [6, 6.07) is 11.2. The summed E-state index contributed by atoms with van der Waals surface area (Å²) in [5.74, 6) is -0.0942. The van der Waals surface area contributed by atoms with Gasteiger partial charge in [0.15, 0.2) is 12.4 Å². The molecule has 0 saturated carbocycles. The van der Waals surface area contributed by atoms with Gasteiger partial charge in [0.05, 0.1) is 0 Å². The molecule has 2 N–H and O–H groups in total. The molecule has 0 radical (unpaired) electrons. The fourth-order valence-electron chi connectivity index (χ4n) is 1.46. The molecule has 0 unspecified atom stereocenters. The number of anilines is 1. The second kappa shape index (κ2) is 4.57. The summed E-state index contributed by atoms with van der Waals surface area (Å²) in [4.78, 5) is 14.8. The van der Waals surface area contributed by atoms with Crippen LogP contribution in [0.15, 0.2) is 48.8 Å². The molecule has 0 spiro atoms. The van der Waals surface area contributed by atoms with Gasteiger partial charge in [-0.25, -0.2) is 4.98 Å². The fraction of sp³-hybridized carbons (Fsp3) is 0.0769. The van der Waals surface area contributed by atoms with E-state index in [1.807, 2.05) is 37.3 Å². The predicted octanol–water partition coefficient (Wildman–Crippen LogP) is 2.06. The summed E-state index contributed by atoms with van der Waals surface area (Å²) in [7, 11) is 0. The van der Waals surface area contributed by atoms with Gasteiger partial charge in [0.2, 0.25) is 0 Å². The third-order valence-electron chi connectivity index (χ3n) is 2.25. The molecule has 16 heavy (non-hydrogen) atoms. The standard InChI is InChI=1S/C13H12N2O/c1-10-4-2-5-11(8-10)13(16)15-12-6-3-7-14-9-12/h2-9H,1H3,(H,15,16)/p+1. The van der Waals surface area contributed by atoms with E-state index in [1.54, 1.807) is 18.5 Å². The van der Waals surface area contributed by atoms with Crippen LogP contribution in [-0.4, -0.2) is 5.91 Å². The SMILES string of the molecule is Cc1cccc(C(=O)Nc2ccc[nH+]c2)c1. The largest absolute Gasteiger partial charge is 0.317 e. The van der Waals surface area contributed by atoms with E-state index in [-0.39, 0.29) is 5.91 Å². The average Bonchev–Trinajstić information content (AvgIpc) is 2.30. The molecule has 0 aliphatic rings. The van der Waals surface area contributed by atoms with Crippen molar-refractivity contribution in [3.8, 4) is 0 Å². The minimum atomic E-state index is -0.0942. The van der Waals surface area contributed by atoms with Crippen LogP contribution in [0.5, 0.6) is 0 Å². The maximum absolute atomic E-state index is 11.8. The van der Waals surface area contributed by atoms with Crippen molar-refractivity contribution in [2.75, 3.05) is 5.32 Å². The lowest BCUT2D eigenvalue weighted by Crippen LogP contribution is -2.13. The Kier molecular flexibility index (Phi) is 2.96. The summed E-state index contributed by atoms with van der Waals surface area (Å²) in [6.07, 6.45) is 3.54. The molecule has 0 aliphatic heterocycles. The van der Waals surface area contributed by atoms with Crippen LogP contribution in [0.3, 0.4) is 0 Å². The van der Waals surface area contributed by atoms with Crippen molar-refractivity contribution in [3.63, 3.8) is 0 Å². The molecule has 0 fully saturated rings. The van der Waals surface area contributed by atoms with Gasteiger partial charge in [0, 0.05) is 11.6 Å². The second-order valence-corrected chi connectivity index (χ2v) is 3.62. The summed E-state index contributed by atoms with van der Waals surface area (Å²) in [5, 5.41) is 2.82. The maximum atomic E-state index is 11.8. The van der Waals surface area contributed by atoms with Crippen LogP contribution in [0.2, 0.25) is 0 Å². The van der Waals surface area contributed by atoms with E-state index in [2.05, 4.69) is 10.3 Å². The molecule has 3 heteroatoms. The van der Waals surface area contributed by atoms with Gasteiger partial charge in [-0.05, 0) is 25.1 Å².